The third-order valence-electron chi connectivity index (χ3n) is 3.53. The van der Waals surface area contributed by atoms with E-state index in [2.05, 4.69) is 20.6 Å². The molecule has 0 spiro atoms. The molecule has 1 aromatic heterocycles. The van der Waals surface area contributed by atoms with Crippen molar-refractivity contribution < 1.29 is 14.7 Å². The van der Waals surface area contributed by atoms with Crippen LogP contribution in [0.1, 0.15) is 35.8 Å². The molecule has 1 atom stereocenters. The van der Waals surface area contributed by atoms with E-state index in [1.807, 2.05) is 19.9 Å². The van der Waals surface area contributed by atoms with E-state index >= 15 is 0 Å². The van der Waals surface area contributed by atoms with Crippen molar-refractivity contribution in [2.24, 2.45) is 0 Å². The summed E-state index contributed by atoms with van der Waals surface area (Å²) >= 11 is 0. The molecule has 0 aliphatic rings. The molecule has 0 saturated carbocycles. The number of carbonyl (C=O) groups excluding carboxylic acids is 1. The molecule has 0 aliphatic carbocycles. The van der Waals surface area contributed by atoms with Gasteiger partial charge in [-0.2, -0.15) is 0 Å². The second-order valence-corrected chi connectivity index (χ2v) is 5.75. The fourth-order valence-corrected chi connectivity index (χ4v) is 2.42. The van der Waals surface area contributed by atoms with Crippen molar-refractivity contribution in [1.29, 1.82) is 0 Å². The number of carboxylic acid groups (broad SMARTS) is 1. The van der Waals surface area contributed by atoms with Crippen molar-refractivity contribution in [2.75, 3.05) is 11.9 Å². The second kappa shape index (κ2) is 8.77. The van der Waals surface area contributed by atoms with Crippen molar-refractivity contribution in [3.63, 3.8) is 0 Å². The summed E-state index contributed by atoms with van der Waals surface area (Å²) in [4.78, 5) is 31.9. The maximum atomic E-state index is 12.0. The van der Waals surface area contributed by atoms with Crippen LogP contribution < -0.4 is 10.6 Å². The zero-order valence-electron chi connectivity index (χ0n) is 14.3. The van der Waals surface area contributed by atoms with E-state index < -0.39 is 12.0 Å². The molecule has 0 unspecified atom stereocenters. The highest BCUT2D eigenvalue weighted by Gasteiger charge is 2.21. The maximum absolute atomic E-state index is 12.0. The van der Waals surface area contributed by atoms with E-state index in [1.165, 1.54) is 0 Å². The summed E-state index contributed by atoms with van der Waals surface area (Å²) in [5, 5.41) is 14.9. The average Bonchev–Trinajstić information content (AvgIpc) is 2.56. The summed E-state index contributed by atoms with van der Waals surface area (Å²) < 4.78 is 0. The maximum Gasteiger partial charge on any atom is 0.330 e. The first-order valence-corrected chi connectivity index (χ1v) is 8.09. The van der Waals surface area contributed by atoms with Crippen molar-refractivity contribution in [3.8, 4) is 0 Å². The number of rotatable bonds is 8. The summed E-state index contributed by atoms with van der Waals surface area (Å²) in [6.07, 6.45) is 0.762. The Morgan fingerprint density at radius 2 is 1.76 bits per heavy atom. The third kappa shape index (κ3) is 5.87. The van der Waals surface area contributed by atoms with Gasteiger partial charge in [0.2, 0.25) is 11.9 Å². The standard InChI is InChI=1S/C18H22N4O3/c1-12-11-13(2)21-18(20-12)19-10-6-9-15(23)22-16(17(24)25)14-7-4-3-5-8-14/h3-5,7-8,11,16H,6,9-10H2,1-2H3,(H,22,23)(H,24,25)(H,19,20,21)/t16-/m0/s1. The van der Waals surface area contributed by atoms with Crippen LogP contribution in [0.2, 0.25) is 0 Å². The average molecular weight is 342 g/mol. The molecular weight excluding hydrogens is 320 g/mol. The highest BCUT2D eigenvalue weighted by atomic mass is 16.4. The largest absolute Gasteiger partial charge is 0.479 e. The molecule has 3 N–H and O–H groups in total. The van der Waals surface area contributed by atoms with E-state index in [-0.39, 0.29) is 12.3 Å². The lowest BCUT2D eigenvalue weighted by Crippen LogP contribution is -2.33. The minimum absolute atomic E-state index is 0.217. The first-order chi connectivity index (χ1) is 12.0. The molecule has 0 aliphatic heterocycles. The van der Waals surface area contributed by atoms with Gasteiger partial charge >= 0.3 is 5.97 Å². The number of benzene rings is 1. The van der Waals surface area contributed by atoms with Crippen LogP contribution >= 0.6 is 0 Å². The van der Waals surface area contributed by atoms with Crippen molar-refractivity contribution in [3.05, 3.63) is 53.3 Å². The van der Waals surface area contributed by atoms with Gasteiger partial charge in [0.1, 0.15) is 0 Å². The van der Waals surface area contributed by atoms with E-state index in [0.29, 0.717) is 24.5 Å². The van der Waals surface area contributed by atoms with Crippen LogP contribution in [0.5, 0.6) is 0 Å². The van der Waals surface area contributed by atoms with Gasteiger partial charge in [0.25, 0.3) is 0 Å². The lowest BCUT2D eigenvalue weighted by atomic mass is 10.1. The second-order valence-electron chi connectivity index (χ2n) is 5.75. The minimum atomic E-state index is -1.08. The number of aliphatic carboxylic acids is 1. The van der Waals surface area contributed by atoms with E-state index in [4.69, 9.17) is 0 Å². The molecule has 25 heavy (non-hydrogen) atoms. The number of nitrogens with one attached hydrogen (secondary N) is 2. The van der Waals surface area contributed by atoms with Crippen LogP contribution in [0.15, 0.2) is 36.4 Å². The molecule has 0 bridgehead atoms. The van der Waals surface area contributed by atoms with Crippen LogP contribution in [-0.4, -0.2) is 33.5 Å². The Balaban J connectivity index is 1.80. The SMILES string of the molecule is Cc1cc(C)nc(NCCCC(=O)N[C@H](C(=O)O)c2ccccc2)n1. The number of hydrogen-bond acceptors (Lipinski definition) is 5. The van der Waals surface area contributed by atoms with Crippen LogP contribution in [0.3, 0.4) is 0 Å². The van der Waals surface area contributed by atoms with Crippen LogP contribution in [0.25, 0.3) is 0 Å². The monoisotopic (exact) mass is 342 g/mol. The first-order valence-electron chi connectivity index (χ1n) is 8.09. The predicted molar refractivity (Wildman–Crippen MR) is 94.2 cm³/mol. The number of carbonyl (C=O) groups is 2. The third-order valence-corrected chi connectivity index (χ3v) is 3.53. The van der Waals surface area contributed by atoms with Gasteiger partial charge in [0.05, 0.1) is 0 Å². The van der Waals surface area contributed by atoms with Gasteiger partial charge in [-0.25, -0.2) is 14.8 Å². The molecule has 0 radical (unpaired) electrons. The summed E-state index contributed by atoms with van der Waals surface area (Å²) in [5.74, 6) is -0.855. The molecule has 0 saturated heterocycles. The van der Waals surface area contributed by atoms with Gasteiger partial charge in [-0.05, 0) is 31.9 Å². The van der Waals surface area contributed by atoms with Crippen LogP contribution in [-0.2, 0) is 9.59 Å². The van der Waals surface area contributed by atoms with Gasteiger partial charge in [-0.1, -0.05) is 30.3 Å². The first kappa shape index (κ1) is 18.4. The summed E-state index contributed by atoms with van der Waals surface area (Å²) in [6.45, 7) is 4.31. The highest BCUT2D eigenvalue weighted by molar-refractivity contribution is 5.84. The number of anilines is 1. The number of nitrogens with zero attached hydrogens (tertiary/aromatic N) is 2. The number of hydrogen-bond donors (Lipinski definition) is 3. The summed E-state index contributed by atoms with van der Waals surface area (Å²) in [6, 6.07) is 9.48. The van der Waals surface area contributed by atoms with Gasteiger partial charge in [-0.3, -0.25) is 4.79 Å². The van der Waals surface area contributed by atoms with Gasteiger partial charge < -0.3 is 15.7 Å². The van der Waals surface area contributed by atoms with Crippen LogP contribution in [0.4, 0.5) is 5.95 Å². The van der Waals surface area contributed by atoms with Gasteiger partial charge in [0.15, 0.2) is 6.04 Å². The normalized spacial score (nSPS) is 11.6. The van der Waals surface area contributed by atoms with Crippen molar-refractivity contribution in [2.45, 2.75) is 32.7 Å². The molecule has 1 heterocycles. The lowest BCUT2D eigenvalue weighted by Gasteiger charge is -2.15. The predicted octanol–water partition coefficient (Wildman–Crippen LogP) is 2.23. The summed E-state index contributed by atoms with van der Waals surface area (Å²) in [7, 11) is 0. The summed E-state index contributed by atoms with van der Waals surface area (Å²) in [5.41, 5.74) is 2.30. The molecule has 0 fully saturated rings. The Morgan fingerprint density at radius 3 is 2.36 bits per heavy atom. The molecule has 7 nitrogen and oxygen atoms in total. The fraction of sp³-hybridized carbons (Fsp3) is 0.333. The zero-order valence-corrected chi connectivity index (χ0v) is 14.3. The Bertz CT molecular complexity index is 714. The quantitative estimate of drug-likeness (QED) is 0.636. The zero-order chi connectivity index (χ0) is 18.2. The Labute approximate surface area is 146 Å². The smallest absolute Gasteiger partial charge is 0.330 e. The molecule has 7 heteroatoms. The van der Waals surface area contributed by atoms with Crippen LogP contribution in [0, 0.1) is 13.8 Å². The molecular formula is C18H22N4O3. The Hall–Kier alpha value is -2.96. The minimum Gasteiger partial charge on any atom is -0.479 e. The molecule has 2 rings (SSSR count). The van der Waals surface area contributed by atoms with E-state index in [1.54, 1.807) is 30.3 Å². The number of amides is 1. The fourth-order valence-electron chi connectivity index (χ4n) is 2.42. The molecule has 1 aromatic carbocycles. The van der Waals surface area contributed by atoms with Crippen molar-refractivity contribution >= 4 is 17.8 Å². The molecule has 2 aromatic rings. The Kier molecular flexibility index (Phi) is 6.45. The van der Waals surface area contributed by atoms with E-state index in [9.17, 15) is 14.7 Å². The molecule has 132 valence electrons. The highest BCUT2D eigenvalue weighted by Crippen LogP contribution is 2.13. The lowest BCUT2D eigenvalue weighted by molar-refractivity contribution is -0.142. The van der Waals surface area contributed by atoms with E-state index in [0.717, 1.165) is 11.4 Å². The number of aromatic nitrogens is 2. The number of aryl methyl sites for hydroxylation is 2. The molecule has 1 amide bonds. The topological polar surface area (TPSA) is 104 Å². The van der Waals surface area contributed by atoms with Gasteiger partial charge in [0, 0.05) is 24.4 Å². The Morgan fingerprint density at radius 1 is 1.12 bits per heavy atom. The van der Waals surface area contributed by atoms with Gasteiger partial charge in [-0.15, -0.1) is 0 Å². The number of carboxylic acids is 1. The van der Waals surface area contributed by atoms with Crippen molar-refractivity contribution in [1.82, 2.24) is 15.3 Å².